The number of H-pyrrole nitrogens is 1. The van der Waals surface area contributed by atoms with Gasteiger partial charge in [-0.1, -0.05) is 36.4 Å². The maximum absolute atomic E-state index is 12.6. The summed E-state index contributed by atoms with van der Waals surface area (Å²) in [4.78, 5) is 22.9. The lowest BCUT2D eigenvalue weighted by Crippen LogP contribution is -2.30. The standard InChI is InChI=1S/C31H27N5O/c32-17-26-2-1-3-28-29(26)34-30(36(28)19-20-13-15-35(18-20)31(37)23-8-9-23)22-6-4-21(5-7-22)24-10-11-27-25(16-24)12-14-33-27/h1-7,10-12,14,16,20,23,33H,8-9,13,15,18-19H2. The Morgan fingerprint density at radius 2 is 1.81 bits per heavy atom. The molecule has 1 aliphatic carbocycles. The Labute approximate surface area is 215 Å². The summed E-state index contributed by atoms with van der Waals surface area (Å²) in [6.07, 6.45) is 5.05. The Morgan fingerprint density at radius 3 is 2.62 bits per heavy atom. The van der Waals surface area contributed by atoms with E-state index < -0.39 is 0 Å². The molecular weight excluding hydrogens is 458 g/mol. The molecular formula is C31H27N5O. The largest absolute Gasteiger partial charge is 0.361 e. The van der Waals surface area contributed by atoms with E-state index >= 15 is 0 Å². The first-order valence-electron chi connectivity index (χ1n) is 13.0. The summed E-state index contributed by atoms with van der Waals surface area (Å²) < 4.78 is 2.26. The molecule has 6 heteroatoms. The van der Waals surface area contributed by atoms with Crippen molar-refractivity contribution in [3.8, 4) is 28.6 Å². The fourth-order valence-corrected chi connectivity index (χ4v) is 5.72. The number of carbonyl (C=O) groups is 1. The second kappa shape index (κ2) is 8.63. The van der Waals surface area contributed by atoms with Gasteiger partial charge in [0.2, 0.25) is 5.91 Å². The number of imidazole rings is 1. The van der Waals surface area contributed by atoms with Crippen molar-refractivity contribution >= 4 is 27.8 Å². The summed E-state index contributed by atoms with van der Waals surface area (Å²) in [6.45, 7) is 2.42. The minimum Gasteiger partial charge on any atom is -0.361 e. The van der Waals surface area contributed by atoms with Crippen molar-refractivity contribution in [2.24, 2.45) is 11.8 Å². The van der Waals surface area contributed by atoms with E-state index in [0.717, 1.165) is 72.4 Å². The number of hydrogen-bond acceptors (Lipinski definition) is 3. The average molecular weight is 486 g/mol. The first kappa shape index (κ1) is 21.9. The number of fused-ring (bicyclic) bond motifs is 2. The van der Waals surface area contributed by atoms with Crippen LogP contribution in [0.15, 0.2) is 72.9 Å². The van der Waals surface area contributed by atoms with Crippen molar-refractivity contribution in [1.29, 1.82) is 5.26 Å². The molecule has 6 nitrogen and oxygen atoms in total. The molecule has 0 radical (unpaired) electrons. The van der Waals surface area contributed by atoms with Crippen molar-refractivity contribution in [3.05, 3.63) is 78.5 Å². The van der Waals surface area contributed by atoms with Crippen LogP contribution < -0.4 is 0 Å². The molecule has 1 saturated carbocycles. The molecule has 1 saturated heterocycles. The van der Waals surface area contributed by atoms with Gasteiger partial charge in [0.05, 0.1) is 11.1 Å². The van der Waals surface area contributed by atoms with Gasteiger partial charge in [-0.05, 0) is 72.0 Å². The van der Waals surface area contributed by atoms with Crippen LogP contribution in [0.3, 0.4) is 0 Å². The SMILES string of the molecule is N#Cc1cccc2c1nc(-c1ccc(-c3ccc4[nH]ccc4c3)cc1)n2CC1CCN(C(=O)C2CC2)C1. The first-order valence-corrected chi connectivity index (χ1v) is 13.0. The van der Waals surface area contributed by atoms with Crippen LogP contribution in [0.4, 0.5) is 0 Å². The van der Waals surface area contributed by atoms with Gasteiger partial charge in [-0.3, -0.25) is 4.79 Å². The van der Waals surface area contributed by atoms with Crippen LogP contribution in [-0.2, 0) is 11.3 Å². The molecule has 1 N–H and O–H groups in total. The number of likely N-dealkylation sites (tertiary alicyclic amines) is 1. The van der Waals surface area contributed by atoms with Crippen LogP contribution in [0.2, 0.25) is 0 Å². The minimum atomic E-state index is 0.262. The zero-order valence-corrected chi connectivity index (χ0v) is 20.5. The third-order valence-electron chi connectivity index (χ3n) is 7.89. The van der Waals surface area contributed by atoms with Gasteiger partial charge in [0.25, 0.3) is 0 Å². The van der Waals surface area contributed by atoms with Crippen LogP contribution in [0, 0.1) is 23.2 Å². The molecule has 2 fully saturated rings. The van der Waals surface area contributed by atoms with E-state index in [9.17, 15) is 10.1 Å². The number of aromatic nitrogens is 3. The maximum atomic E-state index is 12.6. The molecule has 1 aliphatic heterocycles. The van der Waals surface area contributed by atoms with Gasteiger partial charge in [0, 0.05) is 42.8 Å². The molecule has 37 heavy (non-hydrogen) atoms. The number of benzene rings is 3. The zero-order chi connectivity index (χ0) is 24.9. The van der Waals surface area contributed by atoms with Crippen molar-refractivity contribution in [3.63, 3.8) is 0 Å². The predicted octanol–water partition coefficient (Wildman–Crippen LogP) is 5.98. The number of nitrogens with one attached hydrogen (secondary N) is 1. The normalized spacial score (nSPS) is 17.5. The number of nitriles is 1. The second-order valence-electron chi connectivity index (χ2n) is 10.4. The molecule has 3 heterocycles. The number of aromatic amines is 1. The van der Waals surface area contributed by atoms with Gasteiger partial charge >= 0.3 is 0 Å². The molecule has 3 aromatic carbocycles. The molecule has 2 aromatic heterocycles. The van der Waals surface area contributed by atoms with Crippen molar-refractivity contribution in [2.75, 3.05) is 13.1 Å². The highest BCUT2D eigenvalue weighted by molar-refractivity contribution is 5.87. The van der Waals surface area contributed by atoms with Gasteiger partial charge < -0.3 is 14.5 Å². The molecule has 0 bridgehead atoms. The number of rotatable bonds is 5. The van der Waals surface area contributed by atoms with E-state index in [1.807, 2.05) is 18.3 Å². The lowest BCUT2D eigenvalue weighted by atomic mass is 10.0. The van der Waals surface area contributed by atoms with E-state index in [1.54, 1.807) is 0 Å². The molecule has 1 unspecified atom stereocenters. The third-order valence-corrected chi connectivity index (χ3v) is 7.89. The van der Waals surface area contributed by atoms with E-state index in [0.29, 0.717) is 17.4 Å². The average Bonchev–Trinajstić information content (AvgIpc) is 3.32. The first-order chi connectivity index (χ1) is 18.2. The summed E-state index contributed by atoms with van der Waals surface area (Å²) >= 11 is 0. The van der Waals surface area contributed by atoms with Gasteiger partial charge in [0.1, 0.15) is 17.4 Å². The van der Waals surface area contributed by atoms with E-state index in [1.165, 1.54) is 10.9 Å². The van der Waals surface area contributed by atoms with Gasteiger partial charge in [-0.15, -0.1) is 0 Å². The third kappa shape index (κ3) is 3.88. The highest BCUT2D eigenvalue weighted by Crippen LogP contribution is 2.35. The van der Waals surface area contributed by atoms with Gasteiger partial charge in [0.15, 0.2) is 0 Å². The second-order valence-corrected chi connectivity index (χ2v) is 10.4. The molecule has 5 aromatic rings. The van der Waals surface area contributed by atoms with Gasteiger partial charge in [-0.2, -0.15) is 5.26 Å². The molecule has 1 atom stereocenters. The Balaban J connectivity index is 1.23. The molecule has 182 valence electrons. The van der Waals surface area contributed by atoms with Crippen molar-refractivity contribution < 1.29 is 4.79 Å². The van der Waals surface area contributed by atoms with E-state index in [2.05, 4.69) is 75.1 Å². The quantitative estimate of drug-likeness (QED) is 0.333. The number of amides is 1. The fraction of sp³-hybridized carbons (Fsp3) is 0.258. The predicted molar refractivity (Wildman–Crippen MR) is 145 cm³/mol. The Morgan fingerprint density at radius 1 is 1.00 bits per heavy atom. The number of nitrogens with zero attached hydrogens (tertiary/aromatic N) is 4. The molecule has 0 spiro atoms. The monoisotopic (exact) mass is 485 g/mol. The lowest BCUT2D eigenvalue weighted by molar-refractivity contribution is -0.131. The number of carbonyl (C=O) groups excluding carboxylic acids is 1. The van der Waals surface area contributed by atoms with Crippen LogP contribution in [0.5, 0.6) is 0 Å². The maximum Gasteiger partial charge on any atom is 0.225 e. The summed E-state index contributed by atoms with van der Waals surface area (Å²) in [5, 5.41) is 10.9. The zero-order valence-electron chi connectivity index (χ0n) is 20.5. The van der Waals surface area contributed by atoms with Gasteiger partial charge in [-0.25, -0.2) is 4.98 Å². The fourth-order valence-electron chi connectivity index (χ4n) is 5.72. The van der Waals surface area contributed by atoms with E-state index in [4.69, 9.17) is 4.98 Å². The van der Waals surface area contributed by atoms with Crippen molar-refractivity contribution in [2.45, 2.75) is 25.8 Å². The number of para-hydroxylation sites is 1. The molecule has 7 rings (SSSR count). The minimum absolute atomic E-state index is 0.262. The number of hydrogen-bond donors (Lipinski definition) is 1. The Hall–Kier alpha value is -4.37. The highest BCUT2D eigenvalue weighted by atomic mass is 16.2. The lowest BCUT2D eigenvalue weighted by Gasteiger charge is -2.18. The Bertz CT molecular complexity index is 1680. The molecule has 2 aliphatic rings. The van der Waals surface area contributed by atoms with Crippen LogP contribution >= 0.6 is 0 Å². The summed E-state index contributed by atoms with van der Waals surface area (Å²) in [6, 6.07) is 25.2. The molecule has 1 amide bonds. The summed E-state index contributed by atoms with van der Waals surface area (Å²) in [7, 11) is 0. The van der Waals surface area contributed by atoms with E-state index in [-0.39, 0.29) is 5.92 Å². The van der Waals surface area contributed by atoms with Crippen molar-refractivity contribution in [1.82, 2.24) is 19.4 Å². The topological polar surface area (TPSA) is 77.7 Å². The van der Waals surface area contributed by atoms with Crippen LogP contribution in [0.25, 0.3) is 44.5 Å². The summed E-state index contributed by atoms with van der Waals surface area (Å²) in [5.74, 6) is 1.84. The summed E-state index contributed by atoms with van der Waals surface area (Å²) in [5.41, 5.74) is 6.78. The Kier molecular flexibility index (Phi) is 5.10. The van der Waals surface area contributed by atoms with Crippen LogP contribution in [-0.4, -0.2) is 38.4 Å². The highest BCUT2D eigenvalue weighted by Gasteiger charge is 2.36. The van der Waals surface area contributed by atoms with Crippen LogP contribution in [0.1, 0.15) is 24.8 Å². The smallest absolute Gasteiger partial charge is 0.225 e.